The second-order valence-electron chi connectivity index (χ2n) is 8.22. The fourth-order valence-corrected chi connectivity index (χ4v) is 4.22. The van der Waals surface area contributed by atoms with Crippen LogP contribution in [0.2, 0.25) is 0 Å². The van der Waals surface area contributed by atoms with Crippen LogP contribution in [-0.4, -0.2) is 29.4 Å². The predicted molar refractivity (Wildman–Crippen MR) is 124 cm³/mol. The fourth-order valence-electron chi connectivity index (χ4n) is 4.22. The Bertz CT molecular complexity index is 1140. The van der Waals surface area contributed by atoms with Gasteiger partial charge < -0.3 is 15.5 Å². The largest absolute Gasteiger partial charge is 0.355 e. The van der Waals surface area contributed by atoms with Crippen LogP contribution in [0.5, 0.6) is 0 Å². The van der Waals surface area contributed by atoms with Crippen molar-refractivity contribution in [1.82, 2.24) is 10.2 Å². The number of nitriles is 1. The minimum atomic E-state index is -0.278. The molecule has 0 saturated carbocycles. The number of carbonyl (C=O) groups excluding carboxylic acids is 1. The zero-order valence-corrected chi connectivity index (χ0v) is 18.0. The standard InChI is InChI=1S/C26H25FN4O/c1-17-15-31(16-28)18(2)25(17)30-26(32)20-9-7-19(8-10-20)23-5-3-4-6-24(23)29-22-13-11-21(27)12-14-22/h3-14,17-18,25,29H,15H2,1-2H3,(H,30,32)/t17?,18?,25-/m1/s1. The molecule has 1 fully saturated rings. The van der Waals surface area contributed by atoms with Crippen LogP contribution in [0.3, 0.4) is 0 Å². The van der Waals surface area contributed by atoms with Crippen molar-refractivity contribution >= 4 is 17.3 Å². The van der Waals surface area contributed by atoms with Gasteiger partial charge in [-0.2, -0.15) is 5.26 Å². The molecule has 1 saturated heterocycles. The molecule has 0 spiro atoms. The van der Waals surface area contributed by atoms with Crippen molar-refractivity contribution in [3.63, 3.8) is 0 Å². The lowest BCUT2D eigenvalue weighted by atomic mass is 9.99. The van der Waals surface area contributed by atoms with Crippen molar-refractivity contribution in [1.29, 1.82) is 5.26 Å². The Morgan fingerprint density at radius 2 is 1.72 bits per heavy atom. The molecule has 1 heterocycles. The normalized spacial score (nSPS) is 19.9. The molecule has 1 amide bonds. The molecule has 32 heavy (non-hydrogen) atoms. The lowest BCUT2D eigenvalue weighted by Gasteiger charge is -2.22. The lowest BCUT2D eigenvalue weighted by Crippen LogP contribution is -2.44. The first-order valence-electron chi connectivity index (χ1n) is 10.7. The second kappa shape index (κ2) is 9.11. The number of anilines is 2. The molecule has 2 N–H and O–H groups in total. The molecule has 3 aromatic rings. The van der Waals surface area contributed by atoms with Crippen molar-refractivity contribution in [3.05, 3.63) is 84.2 Å². The van der Waals surface area contributed by atoms with Crippen LogP contribution >= 0.6 is 0 Å². The maximum atomic E-state index is 13.2. The number of benzene rings is 3. The molecule has 5 nitrogen and oxygen atoms in total. The SMILES string of the molecule is CC1CN(C#N)C(C)[C@@H]1NC(=O)c1ccc(-c2ccccc2Nc2ccc(F)cc2)cc1. The topological polar surface area (TPSA) is 68.2 Å². The van der Waals surface area contributed by atoms with E-state index in [4.69, 9.17) is 0 Å². The van der Waals surface area contributed by atoms with Crippen LogP contribution < -0.4 is 10.6 Å². The third-order valence-electron chi connectivity index (χ3n) is 6.04. The molecule has 0 aliphatic carbocycles. The Labute approximate surface area is 187 Å². The summed E-state index contributed by atoms with van der Waals surface area (Å²) in [7, 11) is 0. The van der Waals surface area contributed by atoms with Crippen LogP contribution in [0.4, 0.5) is 15.8 Å². The van der Waals surface area contributed by atoms with E-state index in [1.807, 2.05) is 62.4 Å². The number of amides is 1. The Kier molecular flexibility index (Phi) is 6.09. The Morgan fingerprint density at radius 3 is 2.38 bits per heavy atom. The number of para-hydroxylation sites is 1. The summed E-state index contributed by atoms with van der Waals surface area (Å²) < 4.78 is 13.2. The minimum absolute atomic E-state index is 0.0253. The number of carbonyl (C=O) groups is 1. The average Bonchev–Trinajstić information content (AvgIpc) is 3.08. The van der Waals surface area contributed by atoms with Crippen molar-refractivity contribution in [3.8, 4) is 17.3 Å². The molecular weight excluding hydrogens is 403 g/mol. The maximum Gasteiger partial charge on any atom is 0.251 e. The average molecular weight is 429 g/mol. The van der Waals surface area contributed by atoms with Crippen molar-refractivity contribution in [2.45, 2.75) is 25.9 Å². The Hall–Kier alpha value is -3.85. The number of hydrogen-bond donors (Lipinski definition) is 2. The van der Waals surface area contributed by atoms with Gasteiger partial charge in [-0.3, -0.25) is 4.79 Å². The summed E-state index contributed by atoms with van der Waals surface area (Å²) in [6.45, 7) is 4.66. The van der Waals surface area contributed by atoms with Crippen molar-refractivity contribution < 1.29 is 9.18 Å². The van der Waals surface area contributed by atoms with Gasteiger partial charge in [0.2, 0.25) is 0 Å². The Balaban J connectivity index is 1.50. The summed E-state index contributed by atoms with van der Waals surface area (Å²) in [6, 6.07) is 21.4. The molecule has 0 bridgehead atoms. The minimum Gasteiger partial charge on any atom is -0.355 e. The summed E-state index contributed by atoms with van der Waals surface area (Å²) >= 11 is 0. The highest BCUT2D eigenvalue weighted by atomic mass is 19.1. The molecule has 1 aliphatic heterocycles. The summed E-state index contributed by atoms with van der Waals surface area (Å²) in [5.74, 6) is -0.213. The first kappa shape index (κ1) is 21.4. The van der Waals surface area contributed by atoms with E-state index in [9.17, 15) is 14.4 Å². The van der Waals surface area contributed by atoms with Gasteiger partial charge in [0.05, 0.1) is 12.1 Å². The van der Waals surface area contributed by atoms with Gasteiger partial charge in [0.15, 0.2) is 6.19 Å². The van der Waals surface area contributed by atoms with Crippen molar-refractivity contribution in [2.24, 2.45) is 5.92 Å². The van der Waals surface area contributed by atoms with Crippen LogP contribution in [0.15, 0.2) is 72.8 Å². The summed E-state index contributed by atoms with van der Waals surface area (Å²) in [5, 5.41) is 15.6. The lowest BCUT2D eigenvalue weighted by molar-refractivity contribution is 0.0924. The number of hydrogen-bond acceptors (Lipinski definition) is 4. The van der Waals surface area contributed by atoms with Gasteiger partial charge in [-0.15, -0.1) is 0 Å². The third-order valence-corrected chi connectivity index (χ3v) is 6.04. The summed E-state index contributed by atoms with van der Waals surface area (Å²) in [5.41, 5.74) is 4.20. The number of nitrogens with one attached hydrogen (secondary N) is 2. The quantitative estimate of drug-likeness (QED) is 0.551. The van der Waals surface area contributed by atoms with Gasteiger partial charge in [0, 0.05) is 29.0 Å². The van der Waals surface area contributed by atoms with E-state index >= 15 is 0 Å². The van der Waals surface area contributed by atoms with E-state index in [0.717, 1.165) is 22.5 Å². The van der Waals surface area contributed by atoms with E-state index in [0.29, 0.717) is 12.1 Å². The molecule has 3 atom stereocenters. The highest BCUT2D eigenvalue weighted by Gasteiger charge is 2.37. The smallest absolute Gasteiger partial charge is 0.251 e. The fraction of sp³-hybridized carbons (Fsp3) is 0.231. The third kappa shape index (κ3) is 4.42. The van der Waals surface area contributed by atoms with E-state index in [1.165, 1.54) is 12.1 Å². The number of nitrogens with zero attached hydrogens (tertiary/aromatic N) is 2. The van der Waals surface area contributed by atoms with Crippen LogP contribution in [0.25, 0.3) is 11.1 Å². The van der Waals surface area contributed by atoms with Gasteiger partial charge in [-0.25, -0.2) is 4.39 Å². The first-order chi connectivity index (χ1) is 15.5. The van der Waals surface area contributed by atoms with Crippen molar-refractivity contribution in [2.75, 3.05) is 11.9 Å². The van der Waals surface area contributed by atoms with E-state index < -0.39 is 0 Å². The number of rotatable bonds is 5. The molecule has 2 unspecified atom stereocenters. The van der Waals surface area contributed by atoms with E-state index in [1.54, 1.807) is 17.0 Å². The van der Waals surface area contributed by atoms with Crippen LogP contribution in [0, 0.1) is 23.2 Å². The predicted octanol–water partition coefficient (Wildman–Crippen LogP) is 5.16. The molecule has 1 aliphatic rings. The summed E-state index contributed by atoms with van der Waals surface area (Å²) in [4.78, 5) is 14.5. The Morgan fingerprint density at radius 1 is 1.03 bits per heavy atom. The van der Waals surface area contributed by atoms with E-state index in [2.05, 4.69) is 16.8 Å². The zero-order valence-electron chi connectivity index (χ0n) is 18.0. The molecule has 0 radical (unpaired) electrons. The highest BCUT2D eigenvalue weighted by Crippen LogP contribution is 2.30. The molecule has 3 aromatic carbocycles. The molecule has 0 aromatic heterocycles. The van der Waals surface area contributed by atoms with Gasteiger partial charge in [-0.05, 0) is 60.9 Å². The zero-order chi connectivity index (χ0) is 22.7. The van der Waals surface area contributed by atoms with Gasteiger partial charge >= 0.3 is 0 Å². The van der Waals surface area contributed by atoms with Crippen LogP contribution in [-0.2, 0) is 0 Å². The van der Waals surface area contributed by atoms with Crippen LogP contribution in [0.1, 0.15) is 24.2 Å². The monoisotopic (exact) mass is 428 g/mol. The van der Waals surface area contributed by atoms with Gasteiger partial charge in [0.25, 0.3) is 5.91 Å². The van der Waals surface area contributed by atoms with Gasteiger partial charge in [0.1, 0.15) is 5.82 Å². The molecule has 6 heteroatoms. The molecular formula is C26H25FN4O. The molecule has 162 valence electrons. The van der Waals surface area contributed by atoms with Gasteiger partial charge in [-0.1, -0.05) is 37.3 Å². The summed E-state index contributed by atoms with van der Waals surface area (Å²) in [6.07, 6.45) is 2.20. The highest BCUT2D eigenvalue weighted by molar-refractivity contribution is 5.95. The number of likely N-dealkylation sites (tertiary alicyclic amines) is 1. The maximum absolute atomic E-state index is 13.2. The molecule has 4 rings (SSSR count). The second-order valence-corrected chi connectivity index (χ2v) is 8.22. The van der Waals surface area contributed by atoms with E-state index in [-0.39, 0.29) is 29.7 Å². The first-order valence-corrected chi connectivity index (χ1v) is 10.7. The number of halogens is 1.